The lowest BCUT2D eigenvalue weighted by Crippen LogP contribution is -2.46. The molecule has 152 valence electrons. The fourth-order valence-electron chi connectivity index (χ4n) is 4.93. The molecule has 0 saturated carbocycles. The van der Waals surface area contributed by atoms with Gasteiger partial charge in [-0.3, -0.25) is 14.5 Å². The number of urea groups is 1. The number of ketones is 1. The SMILES string of the molecule is CCc1cccc2c(C(=O)CN3C(=O)N[C@]4(CCCc5ccccc54)C3=O)c[nH]c12. The molecule has 2 N–H and O–H groups in total. The van der Waals surface area contributed by atoms with Crippen molar-refractivity contribution < 1.29 is 14.4 Å². The van der Waals surface area contributed by atoms with Gasteiger partial charge in [0.05, 0.1) is 6.54 Å². The zero-order valence-corrected chi connectivity index (χ0v) is 16.8. The molecule has 2 heterocycles. The first-order valence-corrected chi connectivity index (χ1v) is 10.4. The molecule has 5 rings (SSSR count). The minimum absolute atomic E-state index is 0.251. The first-order valence-electron chi connectivity index (χ1n) is 10.4. The van der Waals surface area contributed by atoms with E-state index < -0.39 is 11.6 Å². The zero-order chi connectivity index (χ0) is 20.9. The molecule has 2 aliphatic rings. The molecule has 1 fully saturated rings. The summed E-state index contributed by atoms with van der Waals surface area (Å²) in [5.74, 6) is -0.582. The number of Topliss-reactive ketones (excluding diaryl/α,β-unsaturated/α-hetero) is 1. The van der Waals surface area contributed by atoms with Gasteiger partial charge in [0, 0.05) is 22.7 Å². The van der Waals surface area contributed by atoms with E-state index in [-0.39, 0.29) is 18.2 Å². The molecular weight excluding hydrogens is 378 g/mol. The minimum Gasteiger partial charge on any atom is -0.360 e. The van der Waals surface area contributed by atoms with Gasteiger partial charge in [-0.1, -0.05) is 49.4 Å². The highest BCUT2D eigenvalue weighted by Gasteiger charge is 2.54. The Labute approximate surface area is 174 Å². The first-order chi connectivity index (χ1) is 14.5. The number of nitrogens with one attached hydrogen (secondary N) is 2. The van der Waals surface area contributed by atoms with E-state index in [1.54, 1.807) is 6.20 Å². The molecule has 0 bridgehead atoms. The number of hydrogen-bond donors (Lipinski definition) is 2. The van der Waals surface area contributed by atoms with Crippen LogP contribution >= 0.6 is 0 Å². The van der Waals surface area contributed by atoms with Crippen LogP contribution in [0.5, 0.6) is 0 Å². The van der Waals surface area contributed by atoms with Gasteiger partial charge >= 0.3 is 6.03 Å². The van der Waals surface area contributed by atoms with E-state index in [1.807, 2.05) is 42.5 Å². The molecule has 1 aliphatic heterocycles. The van der Waals surface area contributed by atoms with E-state index in [4.69, 9.17) is 0 Å². The lowest BCUT2D eigenvalue weighted by atomic mass is 9.76. The minimum atomic E-state index is -1.05. The van der Waals surface area contributed by atoms with Gasteiger partial charge in [-0.2, -0.15) is 0 Å². The quantitative estimate of drug-likeness (QED) is 0.517. The summed E-state index contributed by atoms with van der Waals surface area (Å²) in [6.07, 6.45) is 4.77. The third-order valence-electron chi connectivity index (χ3n) is 6.44. The van der Waals surface area contributed by atoms with Gasteiger partial charge in [0.2, 0.25) is 0 Å². The summed E-state index contributed by atoms with van der Waals surface area (Å²) in [7, 11) is 0. The maximum absolute atomic E-state index is 13.4. The van der Waals surface area contributed by atoms with Gasteiger partial charge in [-0.05, 0) is 42.4 Å². The number of para-hydroxylation sites is 1. The number of imide groups is 1. The number of carbonyl (C=O) groups excluding carboxylic acids is 3. The molecule has 0 radical (unpaired) electrons. The summed E-state index contributed by atoms with van der Waals surface area (Å²) in [6.45, 7) is 1.80. The van der Waals surface area contributed by atoms with E-state index in [1.165, 1.54) is 0 Å². The Kier molecular flexibility index (Phi) is 4.24. The van der Waals surface area contributed by atoms with Crippen LogP contribution in [-0.4, -0.2) is 34.2 Å². The number of aromatic amines is 1. The lowest BCUT2D eigenvalue weighted by Gasteiger charge is -2.33. The molecule has 1 saturated heterocycles. The topological polar surface area (TPSA) is 82.3 Å². The van der Waals surface area contributed by atoms with Gasteiger partial charge < -0.3 is 10.3 Å². The van der Waals surface area contributed by atoms with Crippen molar-refractivity contribution in [2.75, 3.05) is 6.54 Å². The zero-order valence-electron chi connectivity index (χ0n) is 16.8. The summed E-state index contributed by atoms with van der Waals surface area (Å²) >= 11 is 0. The van der Waals surface area contributed by atoms with Crippen LogP contribution in [0.15, 0.2) is 48.7 Å². The number of H-pyrrole nitrogens is 1. The number of fused-ring (bicyclic) bond motifs is 3. The first kappa shape index (κ1) is 18.6. The van der Waals surface area contributed by atoms with Crippen molar-refractivity contribution >= 4 is 28.6 Å². The Morgan fingerprint density at radius 3 is 2.80 bits per heavy atom. The molecule has 1 atom stereocenters. The Hall–Kier alpha value is -3.41. The monoisotopic (exact) mass is 401 g/mol. The van der Waals surface area contributed by atoms with Crippen molar-refractivity contribution in [2.24, 2.45) is 0 Å². The Bertz CT molecular complexity index is 1200. The van der Waals surface area contributed by atoms with Crippen molar-refractivity contribution in [1.29, 1.82) is 0 Å². The highest BCUT2D eigenvalue weighted by atomic mass is 16.2. The van der Waals surface area contributed by atoms with Crippen LogP contribution in [0.25, 0.3) is 10.9 Å². The van der Waals surface area contributed by atoms with Gasteiger partial charge in [-0.25, -0.2) is 4.79 Å². The van der Waals surface area contributed by atoms with E-state index in [0.29, 0.717) is 12.0 Å². The maximum Gasteiger partial charge on any atom is 0.325 e. The molecular formula is C24H23N3O3. The normalized spacial score (nSPS) is 20.6. The molecule has 3 amide bonds. The third-order valence-corrected chi connectivity index (χ3v) is 6.44. The van der Waals surface area contributed by atoms with Crippen LogP contribution in [0, 0.1) is 0 Å². The summed E-state index contributed by atoms with van der Waals surface area (Å²) in [5, 5.41) is 3.73. The molecule has 3 aromatic rings. The number of amides is 3. The van der Waals surface area contributed by atoms with Gasteiger partial charge in [0.15, 0.2) is 5.78 Å². The summed E-state index contributed by atoms with van der Waals surface area (Å²) in [6, 6.07) is 13.1. The number of aryl methyl sites for hydroxylation is 2. The Balaban J connectivity index is 1.46. The smallest absolute Gasteiger partial charge is 0.325 e. The highest BCUT2D eigenvalue weighted by Crippen LogP contribution is 2.40. The van der Waals surface area contributed by atoms with Crippen molar-refractivity contribution in [3.63, 3.8) is 0 Å². The highest BCUT2D eigenvalue weighted by molar-refractivity contribution is 6.14. The number of carbonyl (C=O) groups is 3. The van der Waals surface area contributed by atoms with Crippen LogP contribution in [0.4, 0.5) is 4.79 Å². The summed E-state index contributed by atoms with van der Waals surface area (Å²) < 4.78 is 0. The van der Waals surface area contributed by atoms with Crippen LogP contribution in [-0.2, 0) is 23.2 Å². The van der Waals surface area contributed by atoms with Gasteiger partial charge in [0.1, 0.15) is 5.54 Å². The molecule has 2 aromatic carbocycles. The summed E-state index contributed by atoms with van der Waals surface area (Å²) in [4.78, 5) is 43.5. The van der Waals surface area contributed by atoms with E-state index in [2.05, 4.69) is 17.2 Å². The van der Waals surface area contributed by atoms with E-state index in [0.717, 1.165) is 51.8 Å². The predicted octanol–water partition coefficient (Wildman–Crippen LogP) is 3.70. The summed E-state index contributed by atoms with van der Waals surface area (Å²) in [5.41, 5.74) is 3.43. The van der Waals surface area contributed by atoms with Crippen molar-refractivity contribution in [3.8, 4) is 0 Å². The fraction of sp³-hybridized carbons (Fsp3) is 0.292. The number of nitrogens with zero attached hydrogens (tertiary/aromatic N) is 1. The Morgan fingerprint density at radius 2 is 1.97 bits per heavy atom. The average molecular weight is 401 g/mol. The molecule has 1 aromatic heterocycles. The number of rotatable bonds is 4. The van der Waals surface area contributed by atoms with Crippen molar-refractivity contribution in [1.82, 2.24) is 15.2 Å². The third kappa shape index (κ3) is 2.60. The number of benzene rings is 2. The molecule has 6 heteroatoms. The second-order valence-corrected chi connectivity index (χ2v) is 8.06. The molecule has 6 nitrogen and oxygen atoms in total. The number of aromatic nitrogens is 1. The second kappa shape index (κ2) is 6.83. The molecule has 1 spiro atoms. The van der Waals surface area contributed by atoms with Crippen LogP contribution in [0.3, 0.4) is 0 Å². The van der Waals surface area contributed by atoms with Crippen molar-refractivity contribution in [2.45, 2.75) is 38.1 Å². The lowest BCUT2D eigenvalue weighted by molar-refractivity contribution is -0.131. The largest absolute Gasteiger partial charge is 0.360 e. The van der Waals surface area contributed by atoms with E-state index >= 15 is 0 Å². The average Bonchev–Trinajstić information content (AvgIpc) is 3.30. The van der Waals surface area contributed by atoms with Crippen molar-refractivity contribution in [3.05, 3.63) is 70.9 Å². The van der Waals surface area contributed by atoms with Crippen LogP contribution in [0.2, 0.25) is 0 Å². The van der Waals surface area contributed by atoms with Crippen LogP contribution < -0.4 is 5.32 Å². The molecule has 30 heavy (non-hydrogen) atoms. The van der Waals surface area contributed by atoms with Gasteiger partial charge in [0.25, 0.3) is 5.91 Å². The van der Waals surface area contributed by atoms with Crippen LogP contribution in [0.1, 0.15) is 46.8 Å². The predicted molar refractivity (Wildman–Crippen MR) is 113 cm³/mol. The molecule has 1 aliphatic carbocycles. The van der Waals surface area contributed by atoms with E-state index in [9.17, 15) is 14.4 Å². The second-order valence-electron chi connectivity index (χ2n) is 8.06. The number of hydrogen-bond acceptors (Lipinski definition) is 3. The standard InChI is InChI=1S/C24H23N3O3/c1-2-15-8-5-10-17-18(13-25-21(15)17)20(28)14-27-22(29)24(26-23(27)30)12-6-9-16-7-3-4-11-19(16)24/h3-5,7-8,10-11,13,25H,2,6,9,12,14H2,1H3,(H,26,30)/t24-/m0/s1. The maximum atomic E-state index is 13.4. The Morgan fingerprint density at radius 1 is 1.13 bits per heavy atom. The van der Waals surface area contributed by atoms with Gasteiger partial charge in [-0.15, -0.1) is 0 Å². The molecule has 0 unspecified atom stereocenters. The fourth-order valence-corrected chi connectivity index (χ4v) is 4.93.